The molecule has 0 spiro atoms. The summed E-state index contributed by atoms with van der Waals surface area (Å²) in [5.41, 5.74) is 10.5. The number of pyridine rings is 2. The van der Waals surface area contributed by atoms with Gasteiger partial charge in [0.05, 0.1) is 23.5 Å². The molecule has 1 aliphatic heterocycles. The number of carbonyl (C=O) groups is 2. The van der Waals surface area contributed by atoms with Crippen LogP contribution in [0.5, 0.6) is 5.75 Å². The molecule has 1 fully saturated rings. The van der Waals surface area contributed by atoms with Gasteiger partial charge in [-0.3, -0.25) is 9.36 Å². The summed E-state index contributed by atoms with van der Waals surface area (Å²) >= 11 is 0. The van der Waals surface area contributed by atoms with Gasteiger partial charge in [-0.2, -0.15) is 0 Å². The number of hydrogen-bond acceptors (Lipinski definition) is 8. The average Bonchev–Trinajstić information content (AvgIpc) is 3.40. The summed E-state index contributed by atoms with van der Waals surface area (Å²) in [6.45, 7) is 12.2. The largest absolute Gasteiger partial charge is 0.490 e. The van der Waals surface area contributed by atoms with Crippen LogP contribution in [0.15, 0.2) is 66.9 Å². The Balaban J connectivity index is 1.41. The molecular formula is C37H43N7O4. The van der Waals surface area contributed by atoms with E-state index in [4.69, 9.17) is 25.2 Å². The van der Waals surface area contributed by atoms with Crippen LogP contribution >= 0.6 is 0 Å². The molecular weight excluding hydrogens is 606 g/mol. The van der Waals surface area contributed by atoms with Gasteiger partial charge in [0.2, 0.25) is 5.91 Å². The number of anilines is 2. The number of hydrogen-bond donors (Lipinski definition) is 2. The number of fused-ring (bicyclic) bond motifs is 2. The van der Waals surface area contributed by atoms with E-state index in [1.54, 1.807) is 18.0 Å². The first kappa shape index (κ1) is 32.7. The van der Waals surface area contributed by atoms with Crippen LogP contribution < -0.4 is 20.7 Å². The number of benzene rings is 1. The van der Waals surface area contributed by atoms with Gasteiger partial charge >= 0.3 is 6.09 Å². The normalized spacial score (nSPS) is 16.6. The molecule has 250 valence electrons. The molecule has 11 nitrogen and oxygen atoms in total. The number of nitrogens with two attached hydrogens (primary N) is 1. The van der Waals surface area contributed by atoms with Crippen LogP contribution in [0.2, 0.25) is 0 Å². The molecule has 1 saturated carbocycles. The summed E-state index contributed by atoms with van der Waals surface area (Å²) in [5.74, 6) is 1.61. The van der Waals surface area contributed by atoms with Crippen molar-refractivity contribution in [1.82, 2.24) is 24.8 Å². The van der Waals surface area contributed by atoms with Crippen molar-refractivity contribution in [2.45, 2.75) is 71.9 Å². The molecule has 11 heteroatoms. The molecule has 0 saturated heterocycles. The van der Waals surface area contributed by atoms with E-state index in [9.17, 15) is 9.59 Å². The predicted molar refractivity (Wildman–Crippen MR) is 188 cm³/mol. The Labute approximate surface area is 280 Å². The second-order valence-corrected chi connectivity index (χ2v) is 13.4. The minimum atomic E-state index is -0.579. The molecule has 3 aromatic heterocycles. The summed E-state index contributed by atoms with van der Waals surface area (Å²) < 4.78 is 13.4. The molecule has 1 atom stereocenters. The number of nitrogens with one attached hydrogen (secondary N) is 1. The van der Waals surface area contributed by atoms with Crippen molar-refractivity contribution in [2.24, 2.45) is 5.92 Å². The Kier molecular flexibility index (Phi) is 8.72. The van der Waals surface area contributed by atoms with Gasteiger partial charge < -0.3 is 25.4 Å². The van der Waals surface area contributed by atoms with Crippen LogP contribution in [0, 0.1) is 5.92 Å². The minimum Gasteiger partial charge on any atom is -0.490 e. The number of amides is 2. The number of aromatic nitrogens is 4. The number of carbonyl (C=O) groups excluding carboxylic acids is 2. The maximum absolute atomic E-state index is 12.8. The van der Waals surface area contributed by atoms with Gasteiger partial charge in [0.15, 0.2) is 11.5 Å². The molecule has 1 unspecified atom stereocenters. The van der Waals surface area contributed by atoms with Gasteiger partial charge in [-0.25, -0.2) is 19.7 Å². The van der Waals surface area contributed by atoms with E-state index >= 15 is 0 Å². The van der Waals surface area contributed by atoms with Crippen LogP contribution in [0.25, 0.3) is 39.5 Å². The number of nitrogen functional groups attached to an aromatic ring is 1. The zero-order valence-corrected chi connectivity index (χ0v) is 28.4. The molecule has 2 amide bonds. The highest BCUT2D eigenvalue weighted by Crippen LogP contribution is 2.40. The predicted octanol–water partition coefficient (Wildman–Crippen LogP) is 6.99. The van der Waals surface area contributed by atoms with Crippen molar-refractivity contribution in [1.29, 1.82) is 0 Å². The first-order valence-electron chi connectivity index (χ1n) is 16.4. The Hall–Kier alpha value is -5.19. The topological polar surface area (TPSA) is 137 Å². The molecule has 1 aliphatic carbocycles. The lowest BCUT2D eigenvalue weighted by Gasteiger charge is -2.46. The molecule has 0 radical (unpaired) electrons. The van der Waals surface area contributed by atoms with E-state index in [1.807, 2.05) is 86.9 Å². The number of imidazole rings is 1. The standard InChI is InChI=1S/C37H43N7O4/c1-7-26(13-11-23(2)37(17-9-18-37)42-35(46)48-36(4,5)6)44-33(27-10-8-19-39-32(27)38)41-29-15-14-28(40-34(29)44)25-12-16-31-30(22-25)43(24(3)45)20-21-47-31/h7-8,10-16,19,22-23H,9,17-18,20-21H2,1-6H3,(H2,38,39)(H,42,46)/b13-11-,26-7+. The van der Waals surface area contributed by atoms with Gasteiger partial charge in [0, 0.05) is 29.9 Å². The fraction of sp³-hybridized carbons (Fsp3) is 0.378. The zero-order chi connectivity index (χ0) is 34.2. The summed E-state index contributed by atoms with van der Waals surface area (Å²) in [7, 11) is 0. The average molecular weight is 650 g/mol. The molecule has 1 aromatic carbocycles. The maximum atomic E-state index is 12.8. The fourth-order valence-electron chi connectivity index (χ4n) is 6.34. The van der Waals surface area contributed by atoms with Crippen molar-refractivity contribution in [3.63, 3.8) is 0 Å². The maximum Gasteiger partial charge on any atom is 0.408 e. The van der Waals surface area contributed by atoms with E-state index in [-0.39, 0.29) is 17.4 Å². The molecule has 0 bridgehead atoms. The highest BCUT2D eigenvalue weighted by molar-refractivity contribution is 5.95. The van der Waals surface area contributed by atoms with E-state index in [0.717, 1.165) is 36.2 Å². The van der Waals surface area contributed by atoms with E-state index in [1.165, 1.54) is 0 Å². The van der Waals surface area contributed by atoms with Gasteiger partial charge in [-0.05, 0) is 101 Å². The molecule has 4 heterocycles. The smallest absolute Gasteiger partial charge is 0.408 e. The van der Waals surface area contributed by atoms with Gasteiger partial charge in [0.1, 0.15) is 29.3 Å². The quantitative estimate of drug-likeness (QED) is 0.205. The molecule has 4 aromatic rings. The van der Waals surface area contributed by atoms with Crippen molar-refractivity contribution in [3.8, 4) is 28.4 Å². The number of alkyl carbamates (subject to hydrolysis) is 1. The third-order valence-corrected chi connectivity index (χ3v) is 9.06. The van der Waals surface area contributed by atoms with Crippen molar-refractivity contribution < 1.29 is 19.1 Å². The molecule has 48 heavy (non-hydrogen) atoms. The van der Waals surface area contributed by atoms with Crippen molar-refractivity contribution in [3.05, 3.63) is 66.9 Å². The van der Waals surface area contributed by atoms with Crippen molar-refractivity contribution >= 4 is 40.4 Å². The molecule has 3 N–H and O–H groups in total. The van der Waals surface area contributed by atoms with E-state index in [2.05, 4.69) is 23.3 Å². The Morgan fingerprint density at radius 3 is 2.60 bits per heavy atom. The number of nitrogens with zero attached hydrogens (tertiary/aromatic N) is 5. The van der Waals surface area contributed by atoms with Crippen molar-refractivity contribution in [2.75, 3.05) is 23.8 Å². The van der Waals surface area contributed by atoms with Crippen LogP contribution in [-0.4, -0.2) is 55.8 Å². The first-order chi connectivity index (χ1) is 22.9. The number of allylic oxidation sites excluding steroid dienone is 3. The summed E-state index contributed by atoms with van der Waals surface area (Å²) in [6.07, 6.45) is 10.2. The second kappa shape index (κ2) is 12.8. The lowest BCUT2D eigenvalue weighted by molar-refractivity contribution is -0.116. The lowest BCUT2D eigenvalue weighted by atomic mass is 9.68. The van der Waals surface area contributed by atoms with Crippen LogP contribution in [-0.2, 0) is 9.53 Å². The SMILES string of the molecule is C/C=C(\C=C/C(C)C1(NC(=O)OC(C)(C)C)CCC1)n1c(-c2cccnc2N)nc2ccc(-c3ccc4c(c3)N(C(C)=O)CCO4)nc21. The fourth-order valence-corrected chi connectivity index (χ4v) is 6.34. The minimum absolute atomic E-state index is 0.0147. The first-order valence-corrected chi connectivity index (χ1v) is 16.4. The molecule has 2 aliphatic rings. The lowest BCUT2D eigenvalue weighted by Crippen LogP contribution is -2.58. The third-order valence-electron chi connectivity index (χ3n) is 9.06. The van der Waals surface area contributed by atoms with E-state index in [0.29, 0.717) is 53.0 Å². The summed E-state index contributed by atoms with van der Waals surface area (Å²) in [5, 5.41) is 3.17. The van der Waals surface area contributed by atoms with E-state index < -0.39 is 11.7 Å². The number of ether oxygens (including phenoxy) is 2. The van der Waals surface area contributed by atoms with Crippen LogP contribution in [0.4, 0.5) is 16.3 Å². The van der Waals surface area contributed by atoms with Crippen LogP contribution in [0.3, 0.4) is 0 Å². The number of rotatable bonds is 7. The summed E-state index contributed by atoms with van der Waals surface area (Å²) in [6, 6.07) is 13.4. The Morgan fingerprint density at radius 1 is 1.15 bits per heavy atom. The van der Waals surface area contributed by atoms with Gasteiger partial charge in [-0.15, -0.1) is 0 Å². The van der Waals surface area contributed by atoms with Crippen LogP contribution in [0.1, 0.15) is 60.8 Å². The monoisotopic (exact) mass is 649 g/mol. The Morgan fingerprint density at radius 2 is 1.94 bits per heavy atom. The molecule has 6 rings (SSSR count). The highest BCUT2D eigenvalue weighted by Gasteiger charge is 2.43. The third kappa shape index (κ3) is 6.36. The van der Waals surface area contributed by atoms with Gasteiger partial charge in [0.25, 0.3) is 0 Å². The Bertz CT molecular complexity index is 1930. The summed E-state index contributed by atoms with van der Waals surface area (Å²) in [4.78, 5) is 41.3. The highest BCUT2D eigenvalue weighted by atomic mass is 16.6. The van der Waals surface area contributed by atoms with Gasteiger partial charge in [-0.1, -0.05) is 19.1 Å². The second-order valence-electron chi connectivity index (χ2n) is 13.4. The zero-order valence-electron chi connectivity index (χ0n) is 28.4.